The van der Waals surface area contributed by atoms with E-state index in [-0.39, 0.29) is 0 Å². The maximum Gasteiger partial charge on any atom is 0.146 e. The lowest BCUT2D eigenvalue weighted by molar-refractivity contribution is 0.572. The Morgan fingerprint density at radius 1 is 1.29 bits per heavy atom. The molecule has 0 amide bonds. The number of nitrogens with one attached hydrogen (secondary N) is 1. The zero-order valence-electron chi connectivity index (χ0n) is 10.3. The first-order valence-electron chi connectivity index (χ1n) is 5.85. The summed E-state index contributed by atoms with van der Waals surface area (Å²) in [7, 11) is 1.94. The molecule has 0 aliphatic heterocycles. The molecule has 0 aromatic carbocycles. The molecular weight excluding hydrogens is 216 g/mol. The molecule has 0 aliphatic rings. The van der Waals surface area contributed by atoms with Crippen LogP contribution < -0.4 is 5.32 Å². The van der Waals surface area contributed by atoms with Gasteiger partial charge in [0.1, 0.15) is 18.0 Å². The molecule has 2 aromatic heterocycles. The third-order valence-corrected chi connectivity index (χ3v) is 2.64. The summed E-state index contributed by atoms with van der Waals surface area (Å²) in [6, 6.07) is 0. The second-order valence-electron chi connectivity index (χ2n) is 4.00. The first-order chi connectivity index (χ1) is 8.31. The molecule has 2 aromatic rings. The zero-order chi connectivity index (χ0) is 12.1. The molecule has 6 heteroatoms. The molecule has 0 saturated carbocycles. The fourth-order valence-corrected chi connectivity index (χ4v) is 1.70. The third kappa shape index (κ3) is 2.91. The van der Waals surface area contributed by atoms with Crippen LogP contribution in [0.5, 0.6) is 0 Å². The molecule has 0 spiro atoms. The number of hydrogen-bond acceptors (Lipinski definition) is 4. The molecule has 0 radical (unpaired) electrons. The van der Waals surface area contributed by atoms with E-state index in [1.165, 1.54) is 0 Å². The van der Waals surface area contributed by atoms with Crippen molar-refractivity contribution in [3.05, 3.63) is 30.4 Å². The van der Waals surface area contributed by atoms with Crippen LogP contribution in [-0.2, 0) is 26.7 Å². The van der Waals surface area contributed by atoms with E-state index in [2.05, 4.69) is 32.0 Å². The van der Waals surface area contributed by atoms with Gasteiger partial charge in [-0.3, -0.25) is 0 Å². The van der Waals surface area contributed by atoms with E-state index < -0.39 is 0 Å². The molecule has 0 bridgehead atoms. The maximum atomic E-state index is 4.33. The average molecular weight is 234 g/mol. The molecule has 17 heavy (non-hydrogen) atoms. The largest absolute Gasteiger partial charge is 0.334 e. The summed E-state index contributed by atoms with van der Waals surface area (Å²) < 4.78 is 4.08. The van der Waals surface area contributed by atoms with E-state index in [1.54, 1.807) is 6.33 Å². The Balaban J connectivity index is 1.86. The van der Waals surface area contributed by atoms with Crippen LogP contribution in [0, 0.1) is 0 Å². The topological polar surface area (TPSA) is 60.6 Å². The van der Waals surface area contributed by atoms with E-state index in [0.717, 1.165) is 31.2 Å². The predicted octanol–water partition coefficient (Wildman–Crippen LogP) is 0.711. The van der Waals surface area contributed by atoms with Crippen molar-refractivity contribution in [2.24, 2.45) is 7.05 Å². The van der Waals surface area contributed by atoms with Crippen LogP contribution in [-0.4, -0.2) is 24.3 Å². The molecule has 0 fully saturated rings. The van der Waals surface area contributed by atoms with Crippen molar-refractivity contribution in [2.45, 2.75) is 33.0 Å². The lowest BCUT2D eigenvalue weighted by atomic mass is 10.4. The van der Waals surface area contributed by atoms with Crippen LogP contribution in [0.15, 0.2) is 18.7 Å². The second kappa shape index (κ2) is 5.58. The van der Waals surface area contributed by atoms with Gasteiger partial charge in [0.2, 0.25) is 0 Å². The van der Waals surface area contributed by atoms with Gasteiger partial charge in [-0.05, 0) is 6.42 Å². The van der Waals surface area contributed by atoms with Gasteiger partial charge < -0.3 is 14.5 Å². The molecule has 0 atom stereocenters. The van der Waals surface area contributed by atoms with Gasteiger partial charge in [0.15, 0.2) is 0 Å². The number of aryl methyl sites for hydroxylation is 2. The van der Waals surface area contributed by atoms with Gasteiger partial charge in [0.25, 0.3) is 0 Å². The SMILES string of the molecule is CCCn1ccnc1CNCc1nncn1C. The summed E-state index contributed by atoms with van der Waals surface area (Å²) in [5.41, 5.74) is 0. The summed E-state index contributed by atoms with van der Waals surface area (Å²) in [5.74, 6) is 1.99. The van der Waals surface area contributed by atoms with Gasteiger partial charge in [-0.25, -0.2) is 4.98 Å². The van der Waals surface area contributed by atoms with Crippen molar-refractivity contribution in [1.82, 2.24) is 29.6 Å². The predicted molar refractivity (Wildman–Crippen MR) is 64.1 cm³/mol. The van der Waals surface area contributed by atoms with Crippen LogP contribution in [0.25, 0.3) is 0 Å². The Hall–Kier alpha value is -1.69. The number of hydrogen-bond donors (Lipinski definition) is 1. The molecule has 6 nitrogen and oxygen atoms in total. The highest BCUT2D eigenvalue weighted by Crippen LogP contribution is 1.99. The molecular formula is C11H18N6. The molecule has 92 valence electrons. The Kier molecular flexibility index (Phi) is 3.87. The van der Waals surface area contributed by atoms with Crippen molar-refractivity contribution in [2.75, 3.05) is 0 Å². The van der Waals surface area contributed by atoms with Crippen LogP contribution in [0.3, 0.4) is 0 Å². The van der Waals surface area contributed by atoms with E-state index in [9.17, 15) is 0 Å². The average Bonchev–Trinajstić information content (AvgIpc) is 2.90. The van der Waals surface area contributed by atoms with E-state index in [0.29, 0.717) is 6.54 Å². The van der Waals surface area contributed by atoms with Crippen LogP contribution >= 0.6 is 0 Å². The smallest absolute Gasteiger partial charge is 0.146 e. The molecule has 2 rings (SSSR count). The summed E-state index contributed by atoms with van der Waals surface area (Å²) in [4.78, 5) is 4.33. The number of aromatic nitrogens is 5. The van der Waals surface area contributed by atoms with Crippen molar-refractivity contribution in [3.63, 3.8) is 0 Å². The van der Waals surface area contributed by atoms with Crippen molar-refractivity contribution in [1.29, 1.82) is 0 Å². The minimum atomic E-state index is 0.704. The standard InChI is InChI=1S/C11H18N6/c1-3-5-17-6-4-13-10(17)7-12-8-11-15-14-9-16(11)2/h4,6,9,12H,3,5,7-8H2,1-2H3. The maximum absolute atomic E-state index is 4.33. The van der Waals surface area contributed by atoms with Crippen molar-refractivity contribution in [3.8, 4) is 0 Å². The zero-order valence-corrected chi connectivity index (χ0v) is 10.3. The molecule has 0 aliphatic carbocycles. The minimum Gasteiger partial charge on any atom is -0.334 e. The van der Waals surface area contributed by atoms with Crippen LogP contribution in [0.4, 0.5) is 0 Å². The number of rotatable bonds is 6. The first-order valence-corrected chi connectivity index (χ1v) is 5.85. The molecule has 0 unspecified atom stereocenters. The van der Waals surface area contributed by atoms with Crippen LogP contribution in [0.2, 0.25) is 0 Å². The van der Waals surface area contributed by atoms with Gasteiger partial charge in [0, 0.05) is 26.0 Å². The van der Waals surface area contributed by atoms with Gasteiger partial charge in [-0.15, -0.1) is 10.2 Å². The van der Waals surface area contributed by atoms with Gasteiger partial charge in [-0.2, -0.15) is 0 Å². The summed E-state index contributed by atoms with van der Waals surface area (Å²) in [5, 5.41) is 11.2. The van der Waals surface area contributed by atoms with E-state index in [1.807, 2.05) is 24.0 Å². The van der Waals surface area contributed by atoms with Gasteiger partial charge >= 0.3 is 0 Å². The van der Waals surface area contributed by atoms with E-state index in [4.69, 9.17) is 0 Å². The Morgan fingerprint density at radius 3 is 2.82 bits per heavy atom. The fraction of sp³-hybridized carbons (Fsp3) is 0.545. The van der Waals surface area contributed by atoms with Gasteiger partial charge in [0.05, 0.1) is 13.1 Å². The monoisotopic (exact) mass is 234 g/mol. The fourth-order valence-electron chi connectivity index (χ4n) is 1.70. The third-order valence-electron chi connectivity index (χ3n) is 2.64. The summed E-state index contributed by atoms with van der Waals surface area (Å²) in [6.07, 6.45) is 6.68. The Morgan fingerprint density at radius 2 is 2.12 bits per heavy atom. The molecule has 1 N–H and O–H groups in total. The van der Waals surface area contributed by atoms with Gasteiger partial charge in [-0.1, -0.05) is 6.92 Å². The van der Waals surface area contributed by atoms with Crippen LogP contribution in [0.1, 0.15) is 25.0 Å². The Bertz CT molecular complexity index is 458. The minimum absolute atomic E-state index is 0.704. The highest BCUT2D eigenvalue weighted by Gasteiger charge is 2.03. The molecule has 0 saturated heterocycles. The molecule has 2 heterocycles. The highest BCUT2D eigenvalue weighted by atomic mass is 15.3. The lowest BCUT2D eigenvalue weighted by Crippen LogP contribution is -2.18. The Labute approximate surface area is 101 Å². The second-order valence-corrected chi connectivity index (χ2v) is 4.00. The normalized spacial score (nSPS) is 10.9. The summed E-state index contributed by atoms with van der Waals surface area (Å²) >= 11 is 0. The number of nitrogens with zero attached hydrogens (tertiary/aromatic N) is 5. The number of imidazole rings is 1. The van der Waals surface area contributed by atoms with E-state index >= 15 is 0 Å². The lowest BCUT2D eigenvalue weighted by Gasteiger charge is -2.07. The van der Waals surface area contributed by atoms with Crippen molar-refractivity contribution < 1.29 is 0 Å². The first kappa shape index (κ1) is 11.8. The quantitative estimate of drug-likeness (QED) is 0.799. The summed E-state index contributed by atoms with van der Waals surface area (Å²) in [6.45, 7) is 4.63. The highest BCUT2D eigenvalue weighted by molar-refractivity contribution is 4.92. The van der Waals surface area contributed by atoms with Crippen molar-refractivity contribution >= 4 is 0 Å².